The molecule has 0 saturated heterocycles. The van der Waals surface area contributed by atoms with Crippen LogP contribution in [0.4, 0.5) is 0 Å². The molecule has 21 heavy (non-hydrogen) atoms. The highest BCUT2D eigenvalue weighted by Crippen LogP contribution is 2.38. The molecule has 0 aliphatic carbocycles. The van der Waals surface area contributed by atoms with E-state index in [0.29, 0.717) is 12.8 Å². The molecular formula is C16H18N2O3. The van der Waals surface area contributed by atoms with Gasteiger partial charge in [0, 0.05) is 29.9 Å². The quantitative estimate of drug-likeness (QED) is 0.890. The van der Waals surface area contributed by atoms with Gasteiger partial charge >= 0.3 is 5.97 Å². The van der Waals surface area contributed by atoms with Gasteiger partial charge in [0.1, 0.15) is 6.04 Å². The predicted octanol–water partition coefficient (Wildman–Crippen LogP) is 2.48. The minimum atomic E-state index is -0.945. The summed E-state index contributed by atoms with van der Waals surface area (Å²) in [6.07, 6.45) is 1.04. The monoisotopic (exact) mass is 286 g/mol. The van der Waals surface area contributed by atoms with Crippen LogP contribution in [0.15, 0.2) is 24.3 Å². The minimum absolute atomic E-state index is 0.196. The van der Waals surface area contributed by atoms with E-state index in [1.54, 1.807) is 0 Å². The van der Waals surface area contributed by atoms with E-state index in [1.807, 2.05) is 31.2 Å². The number of fused-ring (bicyclic) bond motifs is 3. The van der Waals surface area contributed by atoms with Crippen LogP contribution in [0.5, 0.6) is 0 Å². The molecule has 2 N–H and O–H groups in total. The van der Waals surface area contributed by atoms with Crippen molar-refractivity contribution in [1.29, 1.82) is 0 Å². The van der Waals surface area contributed by atoms with Crippen LogP contribution < -0.4 is 0 Å². The van der Waals surface area contributed by atoms with Crippen molar-refractivity contribution in [3.63, 3.8) is 0 Å². The lowest BCUT2D eigenvalue weighted by molar-refractivity contribution is -0.152. The highest BCUT2D eigenvalue weighted by molar-refractivity contribution is 5.89. The average Bonchev–Trinajstić information content (AvgIpc) is 2.83. The molecule has 5 nitrogen and oxygen atoms in total. The van der Waals surface area contributed by atoms with Gasteiger partial charge in [-0.2, -0.15) is 0 Å². The largest absolute Gasteiger partial charge is 0.480 e. The Morgan fingerprint density at radius 2 is 2.10 bits per heavy atom. The van der Waals surface area contributed by atoms with Gasteiger partial charge in [-0.05, 0) is 18.1 Å². The number of aromatic amines is 1. The van der Waals surface area contributed by atoms with Crippen LogP contribution in [0.1, 0.15) is 37.6 Å². The Bertz CT molecular complexity index is 719. The number of benzene rings is 1. The molecule has 0 saturated carbocycles. The Balaban J connectivity index is 2.22. The lowest BCUT2D eigenvalue weighted by Crippen LogP contribution is -2.50. The number of hydrogen-bond acceptors (Lipinski definition) is 2. The van der Waals surface area contributed by atoms with Gasteiger partial charge in [-0.1, -0.05) is 25.1 Å². The lowest BCUT2D eigenvalue weighted by Gasteiger charge is -2.39. The van der Waals surface area contributed by atoms with Gasteiger partial charge in [0.15, 0.2) is 0 Å². The molecule has 0 spiro atoms. The van der Waals surface area contributed by atoms with Gasteiger partial charge in [0.25, 0.3) is 0 Å². The lowest BCUT2D eigenvalue weighted by atomic mass is 9.90. The van der Waals surface area contributed by atoms with E-state index < -0.39 is 12.0 Å². The third-order valence-electron chi connectivity index (χ3n) is 4.28. The number of para-hydroxylation sites is 1. The number of rotatable bonds is 2. The summed E-state index contributed by atoms with van der Waals surface area (Å²) in [5, 5.41) is 10.6. The normalized spacial score (nSPS) is 21.3. The summed E-state index contributed by atoms with van der Waals surface area (Å²) in [5.74, 6) is -1.14. The van der Waals surface area contributed by atoms with E-state index >= 15 is 0 Å². The number of amides is 1. The molecule has 1 aliphatic rings. The van der Waals surface area contributed by atoms with Gasteiger partial charge in [-0.3, -0.25) is 4.79 Å². The number of aromatic nitrogens is 1. The molecule has 110 valence electrons. The van der Waals surface area contributed by atoms with E-state index in [9.17, 15) is 14.7 Å². The van der Waals surface area contributed by atoms with Crippen molar-refractivity contribution >= 4 is 22.8 Å². The van der Waals surface area contributed by atoms with Crippen molar-refractivity contribution in [1.82, 2.24) is 9.88 Å². The van der Waals surface area contributed by atoms with Crippen molar-refractivity contribution in [2.45, 2.75) is 38.8 Å². The first-order chi connectivity index (χ1) is 10.0. The summed E-state index contributed by atoms with van der Waals surface area (Å²) in [5.41, 5.74) is 3.00. The van der Waals surface area contributed by atoms with Crippen molar-refractivity contribution in [2.75, 3.05) is 0 Å². The number of carboxylic acids is 1. The number of hydrogen-bond donors (Lipinski definition) is 2. The zero-order valence-electron chi connectivity index (χ0n) is 12.1. The number of aliphatic carboxylic acids is 1. The first-order valence-corrected chi connectivity index (χ1v) is 7.15. The van der Waals surface area contributed by atoms with Crippen LogP contribution in [0.25, 0.3) is 10.9 Å². The van der Waals surface area contributed by atoms with Crippen molar-refractivity contribution in [3.8, 4) is 0 Å². The molecule has 3 rings (SSSR count). The highest BCUT2D eigenvalue weighted by atomic mass is 16.4. The van der Waals surface area contributed by atoms with Crippen LogP contribution in [-0.4, -0.2) is 32.9 Å². The minimum Gasteiger partial charge on any atom is -0.480 e. The molecule has 1 aromatic heterocycles. The van der Waals surface area contributed by atoms with Crippen LogP contribution >= 0.6 is 0 Å². The van der Waals surface area contributed by atoms with Crippen LogP contribution in [-0.2, 0) is 16.0 Å². The summed E-state index contributed by atoms with van der Waals surface area (Å²) in [6, 6.07) is 6.88. The Hall–Kier alpha value is -2.30. The first kappa shape index (κ1) is 13.7. The van der Waals surface area contributed by atoms with Crippen LogP contribution in [0.3, 0.4) is 0 Å². The maximum absolute atomic E-state index is 12.0. The average molecular weight is 286 g/mol. The number of nitrogens with zero attached hydrogens (tertiary/aromatic N) is 1. The van der Waals surface area contributed by atoms with E-state index in [-0.39, 0.29) is 11.9 Å². The summed E-state index contributed by atoms with van der Waals surface area (Å²) >= 11 is 0. The van der Waals surface area contributed by atoms with Crippen molar-refractivity contribution < 1.29 is 14.7 Å². The number of nitrogens with one attached hydrogen (secondary N) is 1. The second-order valence-corrected chi connectivity index (χ2v) is 5.47. The molecule has 0 radical (unpaired) electrons. The van der Waals surface area contributed by atoms with E-state index in [1.165, 1.54) is 11.8 Å². The smallest absolute Gasteiger partial charge is 0.326 e. The van der Waals surface area contributed by atoms with E-state index in [4.69, 9.17) is 0 Å². The van der Waals surface area contributed by atoms with Crippen LogP contribution in [0.2, 0.25) is 0 Å². The van der Waals surface area contributed by atoms with Gasteiger partial charge in [0.05, 0.1) is 6.04 Å². The molecule has 2 heterocycles. The zero-order valence-corrected chi connectivity index (χ0v) is 12.1. The maximum Gasteiger partial charge on any atom is 0.326 e. The Morgan fingerprint density at radius 3 is 2.71 bits per heavy atom. The van der Waals surface area contributed by atoms with E-state index in [0.717, 1.165) is 22.2 Å². The zero-order chi connectivity index (χ0) is 15.1. The topological polar surface area (TPSA) is 73.4 Å². The van der Waals surface area contributed by atoms with Crippen molar-refractivity contribution in [3.05, 3.63) is 35.5 Å². The summed E-state index contributed by atoms with van der Waals surface area (Å²) in [4.78, 5) is 28.4. The summed E-state index contributed by atoms with van der Waals surface area (Å²) in [7, 11) is 0. The Kier molecular flexibility index (Phi) is 3.20. The first-order valence-electron chi connectivity index (χ1n) is 7.15. The fourth-order valence-corrected chi connectivity index (χ4v) is 3.42. The number of H-pyrrole nitrogens is 1. The molecule has 2 unspecified atom stereocenters. The molecule has 1 aliphatic heterocycles. The van der Waals surface area contributed by atoms with Crippen LogP contribution in [0, 0.1) is 0 Å². The number of carbonyl (C=O) groups excluding carboxylic acids is 1. The molecule has 1 amide bonds. The standard InChI is InChI=1S/C16H18N2O3/c1-3-13-15-11(10-6-4-5-7-12(10)17-15)8-14(16(20)21)18(13)9(2)19/h4-7,13-14,17H,3,8H2,1-2H3,(H,20,21). The van der Waals surface area contributed by atoms with Gasteiger partial charge in [-0.25, -0.2) is 4.79 Å². The number of carboxylic acid groups (broad SMARTS) is 1. The van der Waals surface area contributed by atoms with Gasteiger partial charge < -0.3 is 15.0 Å². The third-order valence-corrected chi connectivity index (χ3v) is 4.28. The highest BCUT2D eigenvalue weighted by Gasteiger charge is 2.40. The molecular weight excluding hydrogens is 268 g/mol. The summed E-state index contributed by atoms with van der Waals surface area (Å²) in [6.45, 7) is 3.41. The SMILES string of the molecule is CCC1c2[nH]c3ccccc3c2CC(C(=O)O)N1C(C)=O. The number of carbonyl (C=O) groups is 2. The summed E-state index contributed by atoms with van der Waals surface area (Å²) < 4.78 is 0. The molecule has 5 heteroatoms. The van der Waals surface area contributed by atoms with Gasteiger partial charge in [-0.15, -0.1) is 0 Å². The van der Waals surface area contributed by atoms with E-state index in [2.05, 4.69) is 4.98 Å². The third kappa shape index (κ3) is 2.00. The van der Waals surface area contributed by atoms with Crippen molar-refractivity contribution in [2.24, 2.45) is 0 Å². The molecule has 0 bridgehead atoms. The Morgan fingerprint density at radius 1 is 1.38 bits per heavy atom. The fourth-order valence-electron chi connectivity index (χ4n) is 3.42. The molecule has 2 aromatic rings. The Labute approximate surface area is 122 Å². The maximum atomic E-state index is 12.0. The second kappa shape index (κ2) is 4.91. The molecule has 2 atom stereocenters. The molecule has 1 aromatic carbocycles. The second-order valence-electron chi connectivity index (χ2n) is 5.47. The predicted molar refractivity (Wildman–Crippen MR) is 79.0 cm³/mol. The molecule has 0 fully saturated rings. The fraction of sp³-hybridized carbons (Fsp3) is 0.375. The van der Waals surface area contributed by atoms with Gasteiger partial charge in [0.2, 0.25) is 5.91 Å².